The summed E-state index contributed by atoms with van der Waals surface area (Å²) in [5, 5.41) is 3.37. The van der Waals surface area contributed by atoms with Crippen molar-refractivity contribution in [3.8, 4) is 0 Å². The Bertz CT molecular complexity index is 1130. The van der Waals surface area contributed by atoms with Gasteiger partial charge in [-0.05, 0) is 55.0 Å². The van der Waals surface area contributed by atoms with Crippen molar-refractivity contribution in [2.75, 3.05) is 27.6 Å². The van der Waals surface area contributed by atoms with Crippen LogP contribution in [-0.4, -0.2) is 29.6 Å². The van der Waals surface area contributed by atoms with Gasteiger partial charge in [0.25, 0.3) is 10.0 Å². The molecule has 0 spiro atoms. The summed E-state index contributed by atoms with van der Waals surface area (Å²) in [6, 6.07) is 12.7. The van der Waals surface area contributed by atoms with Crippen LogP contribution < -0.4 is 14.8 Å². The lowest BCUT2D eigenvalue weighted by Crippen LogP contribution is -2.13. The van der Waals surface area contributed by atoms with Gasteiger partial charge >= 0.3 is 0 Å². The van der Waals surface area contributed by atoms with E-state index in [9.17, 15) is 16.8 Å². The average molecular weight is 580 g/mol. The number of hydrogen-bond acceptors (Lipinski definition) is 5. The first kappa shape index (κ1) is 32.9. The first-order valence-corrected chi connectivity index (χ1v) is 18.0. The van der Waals surface area contributed by atoms with Gasteiger partial charge in [0.1, 0.15) is 0 Å². The fraction of sp³-hybridized carbons (Fsp3) is 0.600. The smallest absolute Gasteiger partial charge is 0.261 e. The fourth-order valence-corrected chi connectivity index (χ4v) is 6.14. The highest BCUT2D eigenvalue weighted by molar-refractivity contribution is 7.92. The lowest BCUT2D eigenvalue weighted by atomic mass is 10.0. The van der Waals surface area contributed by atoms with Gasteiger partial charge in [0, 0.05) is 23.6 Å². The molecule has 0 amide bonds. The van der Waals surface area contributed by atoms with Gasteiger partial charge in [-0.1, -0.05) is 96.8 Å². The minimum absolute atomic E-state index is 0.165. The average Bonchev–Trinajstić information content (AvgIpc) is 2.89. The van der Waals surface area contributed by atoms with Crippen LogP contribution in [0.4, 0.5) is 17.1 Å². The number of rotatable bonds is 22. The van der Waals surface area contributed by atoms with Crippen molar-refractivity contribution in [1.82, 2.24) is 0 Å². The molecule has 2 aromatic rings. The normalized spacial score (nSPS) is 11.8. The van der Waals surface area contributed by atoms with Crippen LogP contribution in [0.5, 0.6) is 0 Å². The minimum Gasteiger partial charge on any atom is -0.385 e. The Balaban J connectivity index is 1.55. The lowest BCUT2D eigenvalue weighted by molar-refractivity contribution is 0.533. The van der Waals surface area contributed by atoms with Gasteiger partial charge in [-0.15, -0.1) is 0 Å². The highest BCUT2D eigenvalue weighted by Crippen LogP contribution is 2.21. The Kier molecular flexibility index (Phi) is 15.3. The third kappa shape index (κ3) is 15.2. The number of sulfonamides is 2. The molecule has 2 aromatic carbocycles. The van der Waals surface area contributed by atoms with E-state index in [0.29, 0.717) is 11.4 Å². The fourth-order valence-electron chi connectivity index (χ4n) is 4.52. The summed E-state index contributed by atoms with van der Waals surface area (Å²) in [5.74, 6) is 0. The molecule has 0 aliphatic carbocycles. The minimum atomic E-state index is -3.75. The Morgan fingerprint density at radius 3 is 1.33 bits per heavy atom. The van der Waals surface area contributed by atoms with Crippen LogP contribution in [0.2, 0.25) is 0 Å². The molecule has 0 aliphatic heterocycles. The van der Waals surface area contributed by atoms with Gasteiger partial charge in [0.05, 0.1) is 11.2 Å². The predicted molar refractivity (Wildman–Crippen MR) is 166 cm³/mol. The Morgan fingerprint density at radius 2 is 0.897 bits per heavy atom. The van der Waals surface area contributed by atoms with E-state index in [4.69, 9.17) is 0 Å². The molecule has 0 heterocycles. The Morgan fingerprint density at radius 1 is 0.513 bits per heavy atom. The SMILES string of the molecule is CCCCCCCCCCCCCCCCCNc1ccc(S(=O)(=O)Nc2ccc(NS(C)(=O)=O)cc2)cc1. The monoisotopic (exact) mass is 579 g/mol. The largest absolute Gasteiger partial charge is 0.385 e. The van der Waals surface area contributed by atoms with E-state index in [1.807, 2.05) is 0 Å². The van der Waals surface area contributed by atoms with E-state index in [-0.39, 0.29) is 4.90 Å². The summed E-state index contributed by atoms with van der Waals surface area (Å²) in [7, 11) is -7.13. The maximum atomic E-state index is 12.7. The molecule has 220 valence electrons. The molecule has 0 saturated carbocycles. The molecule has 0 unspecified atom stereocenters. The van der Waals surface area contributed by atoms with E-state index in [0.717, 1.165) is 24.9 Å². The predicted octanol–water partition coefficient (Wildman–Crippen LogP) is 8.14. The molecule has 0 radical (unpaired) electrons. The molecule has 0 aromatic heterocycles. The van der Waals surface area contributed by atoms with Crippen LogP contribution in [0.1, 0.15) is 103 Å². The quantitative estimate of drug-likeness (QED) is 0.122. The molecule has 2 rings (SSSR count). The maximum Gasteiger partial charge on any atom is 0.261 e. The first-order chi connectivity index (χ1) is 18.7. The Hall–Kier alpha value is -2.26. The van der Waals surface area contributed by atoms with Gasteiger partial charge in [-0.3, -0.25) is 9.44 Å². The molecule has 0 fully saturated rings. The second-order valence-electron chi connectivity index (χ2n) is 10.5. The van der Waals surface area contributed by atoms with Crippen molar-refractivity contribution < 1.29 is 16.8 Å². The van der Waals surface area contributed by atoms with Crippen LogP contribution in [0.25, 0.3) is 0 Å². The molecular formula is C30H49N3O4S2. The summed E-state index contributed by atoms with van der Waals surface area (Å²) < 4.78 is 52.9. The van der Waals surface area contributed by atoms with E-state index in [2.05, 4.69) is 21.7 Å². The highest BCUT2D eigenvalue weighted by Gasteiger charge is 2.14. The second-order valence-corrected chi connectivity index (χ2v) is 13.9. The Labute approximate surface area is 237 Å². The molecule has 0 bridgehead atoms. The zero-order valence-corrected chi connectivity index (χ0v) is 25.5. The summed E-state index contributed by atoms with van der Waals surface area (Å²) in [4.78, 5) is 0.165. The second kappa shape index (κ2) is 18.2. The maximum absolute atomic E-state index is 12.7. The number of hydrogen-bond donors (Lipinski definition) is 3. The van der Waals surface area contributed by atoms with Crippen LogP contribution in [0.3, 0.4) is 0 Å². The van der Waals surface area contributed by atoms with Gasteiger partial charge < -0.3 is 5.32 Å². The molecule has 0 aliphatic rings. The van der Waals surface area contributed by atoms with Crippen molar-refractivity contribution in [3.05, 3.63) is 48.5 Å². The van der Waals surface area contributed by atoms with Crippen molar-refractivity contribution >= 4 is 37.1 Å². The molecular weight excluding hydrogens is 530 g/mol. The van der Waals surface area contributed by atoms with Crippen molar-refractivity contribution in [3.63, 3.8) is 0 Å². The number of unbranched alkanes of at least 4 members (excludes halogenated alkanes) is 14. The van der Waals surface area contributed by atoms with Crippen molar-refractivity contribution in [1.29, 1.82) is 0 Å². The third-order valence-electron chi connectivity index (χ3n) is 6.71. The summed E-state index contributed by atoms with van der Waals surface area (Å²) in [6.07, 6.45) is 21.2. The molecule has 7 nitrogen and oxygen atoms in total. The van der Waals surface area contributed by atoms with Gasteiger partial charge in [-0.2, -0.15) is 0 Å². The zero-order valence-electron chi connectivity index (χ0n) is 23.9. The van der Waals surface area contributed by atoms with Crippen molar-refractivity contribution in [2.45, 2.75) is 108 Å². The number of nitrogens with one attached hydrogen (secondary N) is 3. The molecule has 3 N–H and O–H groups in total. The van der Waals surface area contributed by atoms with E-state index < -0.39 is 20.0 Å². The summed E-state index contributed by atoms with van der Waals surface area (Å²) in [5.41, 5.74) is 1.62. The van der Waals surface area contributed by atoms with Crippen molar-refractivity contribution in [2.24, 2.45) is 0 Å². The summed E-state index contributed by atoms with van der Waals surface area (Å²) in [6.45, 7) is 3.14. The van der Waals surface area contributed by atoms with Crippen LogP contribution in [0.15, 0.2) is 53.4 Å². The first-order valence-electron chi connectivity index (χ1n) is 14.6. The third-order valence-corrected chi connectivity index (χ3v) is 8.72. The van der Waals surface area contributed by atoms with Crippen LogP contribution in [-0.2, 0) is 20.0 Å². The van der Waals surface area contributed by atoms with Crippen LogP contribution in [0, 0.1) is 0 Å². The van der Waals surface area contributed by atoms with Gasteiger partial charge in [-0.25, -0.2) is 16.8 Å². The number of anilines is 3. The highest BCUT2D eigenvalue weighted by atomic mass is 32.2. The topological polar surface area (TPSA) is 104 Å². The molecule has 9 heteroatoms. The van der Waals surface area contributed by atoms with E-state index in [1.54, 1.807) is 24.3 Å². The van der Waals surface area contributed by atoms with E-state index in [1.165, 1.54) is 114 Å². The molecule has 0 saturated heterocycles. The number of benzene rings is 2. The zero-order chi connectivity index (χ0) is 28.4. The lowest BCUT2D eigenvalue weighted by Gasteiger charge is -2.11. The standard InChI is InChI=1S/C30H49N3O4S2/c1-3-4-5-6-7-8-9-10-11-12-13-14-15-16-17-26-31-27-22-24-30(25-23-27)39(36,37)33-29-20-18-28(19-21-29)32-38(2,34)35/h18-25,31-33H,3-17,26H2,1-2H3. The van der Waals surface area contributed by atoms with Gasteiger partial charge in [0.15, 0.2) is 0 Å². The van der Waals surface area contributed by atoms with E-state index >= 15 is 0 Å². The van der Waals surface area contributed by atoms with Crippen LogP contribution >= 0.6 is 0 Å². The summed E-state index contributed by atoms with van der Waals surface area (Å²) >= 11 is 0. The molecule has 39 heavy (non-hydrogen) atoms. The molecule has 0 atom stereocenters. The van der Waals surface area contributed by atoms with Gasteiger partial charge in [0.2, 0.25) is 10.0 Å².